The van der Waals surface area contributed by atoms with Crippen LogP contribution in [-0.4, -0.2) is 59.9 Å². The van der Waals surface area contributed by atoms with Crippen molar-refractivity contribution in [2.75, 3.05) is 29.3 Å². The van der Waals surface area contributed by atoms with E-state index < -0.39 is 10.0 Å². The van der Waals surface area contributed by atoms with Gasteiger partial charge >= 0.3 is 0 Å². The van der Waals surface area contributed by atoms with Gasteiger partial charge in [-0.25, -0.2) is 23.1 Å². The van der Waals surface area contributed by atoms with Crippen molar-refractivity contribution < 1.29 is 17.9 Å². The van der Waals surface area contributed by atoms with Gasteiger partial charge in [0.25, 0.3) is 15.9 Å². The fourth-order valence-corrected chi connectivity index (χ4v) is 7.53. The maximum atomic E-state index is 14.4. The number of aryl methyl sites for hydroxylation is 2. The van der Waals surface area contributed by atoms with Gasteiger partial charge in [-0.1, -0.05) is 44.2 Å². The number of fused-ring (bicyclic) bond motifs is 4. The van der Waals surface area contributed by atoms with E-state index >= 15 is 0 Å². The molecule has 4 bridgehead atoms. The number of nitriles is 1. The Hall–Kier alpha value is -5.02. The number of rotatable bonds is 6. The number of nitrogens with one attached hydrogen (secondary N) is 1. The molecule has 0 aliphatic carbocycles. The molecule has 11 nitrogen and oxygen atoms in total. The summed E-state index contributed by atoms with van der Waals surface area (Å²) in [6.45, 7) is 10.0. The van der Waals surface area contributed by atoms with Gasteiger partial charge in [0.2, 0.25) is 11.8 Å². The molecule has 0 saturated carbocycles. The summed E-state index contributed by atoms with van der Waals surface area (Å²) in [5.41, 5.74) is 4.41. The van der Waals surface area contributed by atoms with Crippen molar-refractivity contribution in [2.45, 2.75) is 64.4 Å². The summed E-state index contributed by atoms with van der Waals surface area (Å²) in [5, 5.41) is 9.27. The van der Waals surface area contributed by atoms with Crippen molar-refractivity contribution in [3.05, 3.63) is 89.1 Å². The minimum Gasteiger partial charge on any atom is -0.475 e. The molecule has 2 aromatic carbocycles. The molecule has 0 spiro atoms. The van der Waals surface area contributed by atoms with Crippen LogP contribution in [0.15, 0.2) is 71.8 Å². The van der Waals surface area contributed by atoms with E-state index in [0.29, 0.717) is 12.1 Å². The molecule has 1 amide bonds. The topological polar surface area (TPSA) is 141 Å². The molecule has 2 aliphatic heterocycles. The number of carbonyl (C=O) groups is 1. The van der Waals surface area contributed by atoms with Gasteiger partial charge in [0.1, 0.15) is 12.4 Å². The Morgan fingerprint density at radius 2 is 1.76 bits per heavy atom. The summed E-state index contributed by atoms with van der Waals surface area (Å²) >= 11 is 0. The van der Waals surface area contributed by atoms with E-state index in [0.717, 1.165) is 54.0 Å². The van der Waals surface area contributed by atoms with Crippen LogP contribution in [0.5, 0.6) is 5.88 Å². The summed E-state index contributed by atoms with van der Waals surface area (Å²) in [7, 11) is -4.16. The van der Waals surface area contributed by atoms with Crippen LogP contribution in [-0.2, 0) is 16.6 Å². The zero-order chi connectivity index (χ0) is 34.7. The Morgan fingerprint density at radius 3 is 2.43 bits per heavy atom. The van der Waals surface area contributed by atoms with Crippen LogP contribution >= 0.6 is 0 Å². The number of aromatic nitrogens is 3. The van der Waals surface area contributed by atoms with E-state index in [2.05, 4.69) is 39.5 Å². The first-order valence-corrected chi connectivity index (χ1v) is 18.1. The molecule has 12 heteroatoms. The predicted molar refractivity (Wildman–Crippen MR) is 188 cm³/mol. The molecule has 1 atom stereocenters. The Balaban J connectivity index is 1.39. The van der Waals surface area contributed by atoms with Crippen molar-refractivity contribution in [3.63, 3.8) is 0 Å². The number of ether oxygens (including phenoxy) is 1. The molecule has 254 valence electrons. The van der Waals surface area contributed by atoms with Crippen LogP contribution in [0.1, 0.15) is 60.2 Å². The number of pyridine rings is 1. The van der Waals surface area contributed by atoms with Gasteiger partial charge in [0, 0.05) is 48.9 Å². The molecule has 6 rings (SSSR count). The second kappa shape index (κ2) is 14.2. The molecule has 2 aromatic heterocycles. The highest BCUT2D eigenvalue weighted by atomic mass is 32.2. The van der Waals surface area contributed by atoms with E-state index in [1.165, 1.54) is 12.1 Å². The number of carbonyl (C=O) groups excluding carboxylic acids is 1. The maximum Gasteiger partial charge on any atom is 0.264 e. The van der Waals surface area contributed by atoms with Gasteiger partial charge in [-0.2, -0.15) is 10.2 Å². The molecule has 49 heavy (non-hydrogen) atoms. The molecule has 4 aromatic rings. The lowest BCUT2D eigenvalue weighted by Crippen LogP contribution is -2.44. The van der Waals surface area contributed by atoms with Crippen LogP contribution in [0.4, 0.5) is 11.8 Å². The van der Waals surface area contributed by atoms with Gasteiger partial charge in [0.15, 0.2) is 0 Å². The lowest BCUT2D eigenvalue weighted by molar-refractivity contribution is 0.0553. The second-order valence-corrected chi connectivity index (χ2v) is 14.9. The first kappa shape index (κ1) is 33.9. The predicted octanol–water partition coefficient (Wildman–Crippen LogP) is 6.15. The largest absolute Gasteiger partial charge is 0.475 e. The summed E-state index contributed by atoms with van der Waals surface area (Å²) in [6.07, 6.45) is 4.03. The highest BCUT2D eigenvalue weighted by molar-refractivity contribution is 7.92. The normalized spacial score (nSPS) is 18.0. The van der Waals surface area contributed by atoms with E-state index in [9.17, 15) is 18.5 Å². The molecular weight excluding hydrogens is 639 g/mol. The summed E-state index contributed by atoms with van der Waals surface area (Å²) in [4.78, 5) is 32.0. The number of benzene rings is 2. The summed E-state index contributed by atoms with van der Waals surface area (Å²) < 4.78 is 36.2. The summed E-state index contributed by atoms with van der Waals surface area (Å²) in [5.74, 6) is 0.896. The van der Waals surface area contributed by atoms with Crippen LogP contribution in [0.25, 0.3) is 11.3 Å². The third-order valence-electron chi connectivity index (χ3n) is 9.09. The SMILES string of the molecule is Cc1cccc(C)c1-c1cc2nc(n1)NS(=O)(=O)c1cccc(c1)C(=O)N(Cc1ccc(N3CCC(C#N)CC3)nc1)[C@H](CC(C)C)CO2. The molecule has 0 unspecified atom stereocenters. The van der Waals surface area contributed by atoms with E-state index in [1.807, 2.05) is 44.2 Å². The standard InChI is InChI=1S/C37H41N7O4S/c1-24(2)17-30-23-48-34-19-32(35-25(3)7-5-8-26(35)4)40-37(41-34)42-49(46,47)31-10-6-9-29(18-31)36(45)44(30)22-28-11-12-33(39-21-28)43-15-13-27(20-38)14-16-43/h5-12,18-19,21,24,27,30H,13-17,22-23H2,1-4H3,(H,40,41,42)/t30-/m1/s1. The van der Waals surface area contributed by atoms with Crippen LogP contribution in [0, 0.1) is 37.0 Å². The van der Waals surface area contributed by atoms with E-state index in [1.54, 1.807) is 29.3 Å². The smallest absolute Gasteiger partial charge is 0.264 e. The lowest BCUT2D eigenvalue weighted by Gasteiger charge is -2.33. The number of piperidine rings is 1. The fourth-order valence-electron chi connectivity index (χ4n) is 6.54. The molecule has 2 aliphatic rings. The molecule has 1 fully saturated rings. The number of hydrogen-bond donors (Lipinski definition) is 1. The van der Waals surface area contributed by atoms with E-state index in [-0.39, 0.29) is 59.2 Å². The maximum absolute atomic E-state index is 14.4. The first-order chi connectivity index (χ1) is 23.5. The van der Waals surface area contributed by atoms with Crippen LogP contribution in [0.2, 0.25) is 0 Å². The molecular formula is C37H41N7O4S. The Morgan fingerprint density at radius 1 is 1.02 bits per heavy atom. The van der Waals surface area contributed by atoms with Crippen LogP contribution < -0.4 is 14.4 Å². The second-order valence-electron chi connectivity index (χ2n) is 13.3. The molecule has 1 N–H and O–H groups in total. The highest BCUT2D eigenvalue weighted by Gasteiger charge is 2.30. The van der Waals surface area contributed by atoms with Crippen molar-refractivity contribution in [1.82, 2.24) is 19.9 Å². The fraction of sp³-hybridized carbons (Fsp3) is 0.378. The molecule has 0 radical (unpaired) electrons. The number of hydrogen-bond acceptors (Lipinski definition) is 9. The molecule has 4 heterocycles. The van der Waals surface area contributed by atoms with Gasteiger partial charge in [-0.05, 0) is 80.0 Å². The van der Waals surface area contributed by atoms with Gasteiger partial charge in [-0.3, -0.25) is 4.79 Å². The average Bonchev–Trinajstić information content (AvgIpc) is 3.08. The zero-order valence-electron chi connectivity index (χ0n) is 28.3. The first-order valence-electron chi connectivity index (χ1n) is 16.6. The van der Waals surface area contributed by atoms with Crippen molar-refractivity contribution >= 4 is 27.7 Å². The monoisotopic (exact) mass is 679 g/mol. The lowest BCUT2D eigenvalue weighted by atomic mass is 9.98. The van der Waals surface area contributed by atoms with Crippen molar-refractivity contribution in [1.29, 1.82) is 5.26 Å². The van der Waals surface area contributed by atoms with Gasteiger partial charge in [0.05, 0.1) is 22.7 Å². The van der Waals surface area contributed by atoms with Gasteiger partial charge < -0.3 is 14.5 Å². The van der Waals surface area contributed by atoms with E-state index in [4.69, 9.17) is 9.72 Å². The number of amides is 1. The third kappa shape index (κ3) is 7.67. The Bertz CT molecular complexity index is 1960. The number of sulfonamides is 1. The average molecular weight is 680 g/mol. The van der Waals surface area contributed by atoms with Gasteiger partial charge in [-0.15, -0.1) is 0 Å². The van der Waals surface area contributed by atoms with Crippen molar-refractivity contribution in [2.24, 2.45) is 11.8 Å². The zero-order valence-corrected chi connectivity index (χ0v) is 29.1. The Kier molecular flexibility index (Phi) is 9.83. The number of nitrogens with zero attached hydrogens (tertiary/aromatic N) is 6. The quantitative estimate of drug-likeness (QED) is 0.254. The van der Waals surface area contributed by atoms with Crippen LogP contribution in [0.3, 0.4) is 0 Å². The summed E-state index contributed by atoms with van der Waals surface area (Å²) in [6, 6.07) is 19.6. The Labute approximate surface area is 288 Å². The minimum absolute atomic E-state index is 0.0762. The third-order valence-corrected chi connectivity index (χ3v) is 10.4. The minimum atomic E-state index is -4.16. The van der Waals surface area contributed by atoms with Crippen molar-refractivity contribution in [3.8, 4) is 23.2 Å². The number of anilines is 2. The molecule has 1 saturated heterocycles. The highest BCUT2D eigenvalue weighted by Crippen LogP contribution is 2.31.